The maximum absolute atomic E-state index is 12.4. The number of ether oxygens (including phenoxy) is 3. The van der Waals surface area contributed by atoms with E-state index >= 15 is 0 Å². The number of ketones is 1. The van der Waals surface area contributed by atoms with Crippen LogP contribution < -0.4 is 0 Å². The molecule has 0 aromatic heterocycles. The van der Waals surface area contributed by atoms with Gasteiger partial charge in [0, 0.05) is 12.7 Å². The molecule has 2 aliphatic heterocycles. The quantitative estimate of drug-likeness (QED) is 0.803. The molecule has 0 unspecified atom stereocenters. The van der Waals surface area contributed by atoms with E-state index in [0.29, 0.717) is 11.1 Å². The molecular weight excluding hydrogens is 232 g/mol. The fraction of sp³-hybridized carbons (Fsp3) is 0.500. The van der Waals surface area contributed by atoms with Gasteiger partial charge < -0.3 is 14.2 Å². The normalized spacial score (nSPS) is 33.9. The summed E-state index contributed by atoms with van der Waals surface area (Å²) in [5.41, 5.74) is 1.30. The number of benzene rings is 1. The van der Waals surface area contributed by atoms with Crippen molar-refractivity contribution in [2.24, 2.45) is 5.92 Å². The van der Waals surface area contributed by atoms with Crippen molar-refractivity contribution in [2.75, 3.05) is 7.11 Å². The van der Waals surface area contributed by atoms with Crippen molar-refractivity contribution >= 4 is 5.78 Å². The molecule has 1 aromatic rings. The zero-order valence-electron chi connectivity index (χ0n) is 10.7. The first-order chi connectivity index (χ1) is 8.59. The number of fused-ring (bicyclic) bond motifs is 4. The van der Waals surface area contributed by atoms with Crippen molar-refractivity contribution in [1.82, 2.24) is 0 Å². The van der Waals surface area contributed by atoms with Gasteiger partial charge in [0.05, 0.1) is 11.7 Å². The Hall–Kier alpha value is -1.23. The summed E-state index contributed by atoms with van der Waals surface area (Å²) in [6, 6.07) is 7.31. The standard InChI is InChI=1S/C14H16O4/c1-8(2)12-13-11(15)9-6-4-5-7-10(9)14(16-3,17-12)18-13/h4-8,12-13H,1-3H3/t12-,13-,14-/m0/s1. The molecule has 18 heavy (non-hydrogen) atoms. The largest absolute Gasteiger partial charge is 0.327 e. The Balaban J connectivity index is 2.15. The van der Waals surface area contributed by atoms with Crippen LogP contribution in [-0.2, 0) is 20.2 Å². The zero-order valence-corrected chi connectivity index (χ0v) is 10.7. The van der Waals surface area contributed by atoms with E-state index in [1.165, 1.54) is 7.11 Å². The van der Waals surface area contributed by atoms with E-state index < -0.39 is 12.1 Å². The molecule has 96 valence electrons. The predicted octanol–water partition coefficient (Wildman–Crippen LogP) is 2.08. The molecule has 1 fully saturated rings. The first-order valence-corrected chi connectivity index (χ1v) is 6.13. The fourth-order valence-electron chi connectivity index (χ4n) is 2.64. The Morgan fingerprint density at radius 2 is 2.00 bits per heavy atom. The van der Waals surface area contributed by atoms with E-state index in [1.54, 1.807) is 6.07 Å². The summed E-state index contributed by atoms with van der Waals surface area (Å²) in [6.07, 6.45) is -0.843. The van der Waals surface area contributed by atoms with Crippen LogP contribution in [0.5, 0.6) is 0 Å². The number of carbonyl (C=O) groups is 1. The average molecular weight is 248 g/mol. The second-order valence-electron chi connectivity index (χ2n) is 5.04. The van der Waals surface area contributed by atoms with Gasteiger partial charge in [-0.2, -0.15) is 0 Å². The lowest BCUT2D eigenvalue weighted by atomic mass is 9.92. The van der Waals surface area contributed by atoms with E-state index in [1.807, 2.05) is 32.0 Å². The molecule has 3 atom stereocenters. The zero-order chi connectivity index (χ0) is 12.9. The number of methoxy groups -OCH3 is 1. The first kappa shape index (κ1) is 11.8. The molecule has 0 saturated carbocycles. The number of hydrogen-bond donors (Lipinski definition) is 0. The van der Waals surface area contributed by atoms with Crippen molar-refractivity contribution < 1.29 is 19.0 Å². The molecular formula is C14H16O4. The SMILES string of the molecule is CO[C@@]12O[C@@H](C(=O)c3ccccc31)[C@H](C(C)C)O2. The number of Topliss-reactive ketones (excluding diaryl/α,β-unsaturated/α-hetero) is 1. The van der Waals surface area contributed by atoms with Crippen molar-refractivity contribution in [3.63, 3.8) is 0 Å². The van der Waals surface area contributed by atoms with Crippen molar-refractivity contribution in [1.29, 1.82) is 0 Å². The number of carbonyl (C=O) groups excluding carboxylic acids is 1. The van der Waals surface area contributed by atoms with Gasteiger partial charge in [-0.05, 0) is 5.92 Å². The molecule has 4 heteroatoms. The second-order valence-corrected chi connectivity index (χ2v) is 5.04. The third-order valence-electron chi connectivity index (χ3n) is 3.58. The predicted molar refractivity (Wildman–Crippen MR) is 64.0 cm³/mol. The minimum atomic E-state index is -1.22. The fourth-order valence-corrected chi connectivity index (χ4v) is 2.64. The smallest absolute Gasteiger partial charge is 0.313 e. The molecule has 1 aromatic carbocycles. The van der Waals surface area contributed by atoms with E-state index in [4.69, 9.17) is 14.2 Å². The topological polar surface area (TPSA) is 44.8 Å². The molecule has 2 aliphatic rings. The third kappa shape index (κ3) is 1.40. The van der Waals surface area contributed by atoms with Crippen LogP contribution >= 0.6 is 0 Å². The molecule has 2 heterocycles. The van der Waals surface area contributed by atoms with Gasteiger partial charge in [-0.3, -0.25) is 4.79 Å². The monoisotopic (exact) mass is 248 g/mol. The molecule has 0 radical (unpaired) electrons. The average Bonchev–Trinajstić information content (AvgIpc) is 2.75. The van der Waals surface area contributed by atoms with E-state index in [0.717, 1.165) is 0 Å². The summed E-state index contributed by atoms with van der Waals surface area (Å²) in [4.78, 5) is 12.4. The number of rotatable bonds is 2. The van der Waals surface area contributed by atoms with Gasteiger partial charge in [-0.15, -0.1) is 0 Å². The summed E-state index contributed by atoms with van der Waals surface area (Å²) in [7, 11) is 1.53. The van der Waals surface area contributed by atoms with Gasteiger partial charge in [-0.25, -0.2) is 0 Å². The summed E-state index contributed by atoms with van der Waals surface area (Å²) in [6.45, 7) is 4.02. The van der Waals surface area contributed by atoms with Gasteiger partial charge >= 0.3 is 5.97 Å². The van der Waals surface area contributed by atoms with E-state index in [-0.39, 0.29) is 17.8 Å². The van der Waals surface area contributed by atoms with Gasteiger partial charge in [0.1, 0.15) is 0 Å². The molecule has 2 bridgehead atoms. The van der Waals surface area contributed by atoms with Gasteiger partial charge in [0.25, 0.3) is 0 Å². The molecule has 3 rings (SSSR count). The summed E-state index contributed by atoms with van der Waals surface area (Å²) < 4.78 is 17.1. The summed E-state index contributed by atoms with van der Waals surface area (Å²) in [5, 5.41) is 0. The van der Waals surface area contributed by atoms with Crippen LogP contribution in [-0.4, -0.2) is 25.1 Å². The van der Waals surface area contributed by atoms with Crippen LogP contribution in [0.3, 0.4) is 0 Å². The van der Waals surface area contributed by atoms with Crippen LogP contribution in [0.1, 0.15) is 29.8 Å². The van der Waals surface area contributed by atoms with Gasteiger partial charge in [0.15, 0.2) is 11.9 Å². The van der Waals surface area contributed by atoms with Crippen LogP contribution in [0.4, 0.5) is 0 Å². The first-order valence-electron chi connectivity index (χ1n) is 6.13. The van der Waals surface area contributed by atoms with Crippen LogP contribution in [0.15, 0.2) is 24.3 Å². The lowest BCUT2D eigenvalue weighted by Gasteiger charge is -2.30. The minimum Gasteiger partial charge on any atom is -0.327 e. The van der Waals surface area contributed by atoms with Crippen LogP contribution in [0, 0.1) is 5.92 Å². The highest BCUT2D eigenvalue weighted by Crippen LogP contribution is 2.46. The minimum absolute atomic E-state index is 0.0190. The molecule has 0 amide bonds. The van der Waals surface area contributed by atoms with Crippen molar-refractivity contribution in [2.45, 2.75) is 32.0 Å². The highest BCUT2D eigenvalue weighted by Gasteiger charge is 2.58. The van der Waals surface area contributed by atoms with Crippen molar-refractivity contribution in [3.8, 4) is 0 Å². The molecule has 4 nitrogen and oxygen atoms in total. The van der Waals surface area contributed by atoms with Gasteiger partial charge in [-0.1, -0.05) is 38.1 Å². The summed E-state index contributed by atoms with van der Waals surface area (Å²) in [5.74, 6) is -1.05. The molecule has 0 N–H and O–H groups in total. The Kier molecular flexibility index (Phi) is 2.55. The molecule has 0 spiro atoms. The Morgan fingerprint density at radius 3 is 2.67 bits per heavy atom. The highest BCUT2D eigenvalue weighted by molar-refractivity contribution is 6.02. The second kappa shape index (κ2) is 3.88. The van der Waals surface area contributed by atoms with Gasteiger partial charge in [0.2, 0.25) is 0 Å². The van der Waals surface area contributed by atoms with Crippen LogP contribution in [0.25, 0.3) is 0 Å². The van der Waals surface area contributed by atoms with E-state index in [2.05, 4.69) is 0 Å². The maximum atomic E-state index is 12.4. The molecule has 0 aliphatic carbocycles. The number of hydrogen-bond acceptors (Lipinski definition) is 4. The highest BCUT2D eigenvalue weighted by atomic mass is 16.9. The third-order valence-corrected chi connectivity index (χ3v) is 3.58. The lowest BCUT2D eigenvalue weighted by molar-refractivity contribution is -0.344. The lowest BCUT2D eigenvalue weighted by Crippen LogP contribution is -2.40. The summed E-state index contributed by atoms with van der Waals surface area (Å²) >= 11 is 0. The molecule has 1 saturated heterocycles. The Bertz CT molecular complexity index is 496. The van der Waals surface area contributed by atoms with E-state index in [9.17, 15) is 4.79 Å². The Labute approximate surface area is 106 Å². The van der Waals surface area contributed by atoms with Crippen LogP contribution in [0.2, 0.25) is 0 Å². The van der Waals surface area contributed by atoms with Crippen molar-refractivity contribution in [3.05, 3.63) is 35.4 Å². The Morgan fingerprint density at radius 1 is 1.28 bits per heavy atom. The maximum Gasteiger partial charge on any atom is 0.313 e.